The number of benzene rings is 1. The standard InChI is InChI=1S/C15H16ClF3O/c16-13-9-11(15(17,18)19)6-7-12(13)14(20)8-5-10-3-1-2-4-10/h6-7,9-10H,1-5,8H2. The molecule has 1 aliphatic rings. The van der Waals surface area contributed by atoms with E-state index in [9.17, 15) is 18.0 Å². The smallest absolute Gasteiger partial charge is 0.294 e. The number of ketones is 1. The Balaban J connectivity index is 2.02. The molecule has 0 unspecified atom stereocenters. The summed E-state index contributed by atoms with van der Waals surface area (Å²) in [6, 6.07) is 2.92. The van der Waals surface area contributed by atoms with Gasteiger partial charge in [-0.2, -0.15) is 13.2 Å². The van der Waals surface area contributed by atoms with Gasteiger partial charge in [0.2, 0.25) is 0 Å². The number of carbonyl (C=O) groups is 1. The molecule has 20 heavy (non-hydrogen) atoms. The largest absolute Gasteiger partial charge is 0.416 e. The van der Waals surface area contributed by atoms with Gasteiger partial charge in [0.1, 0.15) is 0 Å². The van der Waals surface area contributed by atoms with E-state index in [1.165, 1.54) is 18.9 Å². The molecule has 0 spiro atoms. The molecule has 2 rings (SSSR count). The van der Waals surface area contributed by atoms with Crippen LogP contribution in [0.15, 0.2) is 18.2 Å². The molecule has 1 saturated carbocycles. The molecule has 1 nitrogen and oxygen atoms in total. The molecule has 1 aliphatic carbocycles. The van der Waals surface area contributed by atoms with Crippen LogP contribution in [0.3, 0.4) is 0 Å². The summed E-state index contributed by atoms with van der Waals surface area (Å²) >= 11 is 5.80. The molecule has 1 aromatic rings. The van der Waals surface area contributed by atoms with E-state index in [-0.39, 0.29) is 16.4 Å². The van der Waals surface area contributed by atoms with Gasteiger partial charge in [0.05, 0.1) is 10.6 Å². The maximum absolute atomic E-state index is 12.5. The highest BCUT2D eigenvalue weighted by Crippen LogP contribution is 2.33. The number of rotatable bonds is 4. The molecule has 0 N–H and O–H groups in total. The van der Waals surface area contributed by atoms with Gasteiger partial charge < -0.3 is 0 Å². The number of halogens is 4. The average molecular weight is 305 g/mol. The van der Waals surface area contributed by atoms with Crippen LogP contribution < -0.4 is 0 Å². The van der Waals surface area contributed by atoms with Crippen molar-refractivity contribution < 1.29 is 18.0 Å². The van der Waals surface area contributed by atoms with Gasteiger partial charge in [0.25, 0.3) is 0 Å². The van der Waals surface area contributed by atoms with Crippen molar-refractivity contribution in [1.29, 1.82) is 0 Å². The van der Waals surface area contributed by atoms with Crippen LogP contribution in [0.4, 0.5) is 13.2 Å². The predicted octanol–water partition coefficient (Wildman–Crippen LogP) is 5.51. The fraction of sp³-hybridized carbons (Fsp3) is 0.533. The van der Waals surface area contributed by atoms with Gasteiger partial charge in [-0.3, -0.25) is 4.79 Å². The van der Waals surface area contributed by atoms with E-state index >= 15 is 0 Å². The van der Waals surface area contributed by atoms with Gasteiger partial charge in [0.15, 0.2) is 5.78 Å². The van der Waals surface area contributed by atoms with Crippen LogP contribution in [0.2, 0.25) is 5.02 Å². The Bertz CT molecular complexity index is 490. The topological polar surface area (TPSA) is 17.1 Å². The molecule has 1 aromatic carbocycles. The van der Waals surface area contributed by atoms with Crippen LogP contribution >= 0.6 is 11.6 Å². The van der Waals surface area contributed by atoms with Crippen molar-refractivity contribution in [3.63, 3.8) is 0 Å². The SMILES string of the molecule is O=C(CCC1CCCC1)c1ccc(C(F)(F)F)cc1Cl. The molecule has 0 aromatic heterocycles. The summed E-state index contributed by atoms with van der Waals surface area (Å²) in [6.07, 6.45) is 1.43. The van der Waals surface area contributed by atoms with Gasteiger partial charge in [-0.1, -0.05) is 37.3 Å². The van der Waals surface area contributed by atoms with Crippen LogP contribution in [-0.2, 0) is 6.18 Å². The molecule has 0 aliphatic heterocycles. The second-order valence-electron chi connectivity index (χ2n) is 5.30. The maximum Gasteiger partial charge on any atom is 0.416 e. The van der Waals surface area contributed by atoms with Crippen molar-refractivity contribution in [2.45, 2.75) is 44.7 Å². The van der Waals surface area contributed by atoms with E-state index in [0.717, 1.165) is 31.4 Å². The lowest BCUT2D eigenvalue weighted by Crippen LogP contribution is -2.08. The Kier molecular flexibility index (Phi) is 4.74. The third-order valence-electron chi connectivity index (χ3n) is 3.85. The third-order valence-corrected chi connectivity index (χ3v) is 4.16. The minimum absolute atomic E-state index is 0.115. The fourth-order valence-electron chi connectivity index (χ4n) is 2.69. The third kappa shape index (κ3) is 3.75. The van der Waals surface area contributed by atoms with Gasteiger partial charge in [-0.05, 0) is 30.5 Å². The fourth-order valence-corrected chi connectivity index (χ4v) is 2.97. The van der Waals surface area contributed by atoms with Crippen molar-refractivity contribution in [1.82, 2.24) is 0 Å². The monoisotopic (exact) mass is 304 g/mol. The van der Waals surface area contributed by atoms with Crippen molar-refractivity contribution in [3.05, 3.63) is 34.3 Å². The van der Waals surface area contributed by atoms with E-state index < -0.39 is 11.7 Å². The molecule has 0 saturated heterocycles. The highest BCUT2D eigenvalue weighted by Gasteiger charge is 2.31. The summed E-state index contributed by atoms with van der Waals surface area (Å²) < 4.78 is 37.5. The van der Waals surface area contributed by atoms with Crippen LogP contribution in [0, 0.1) is 5.92 Å². The second-order valence-corrected chi connectivity index (χ2v) is 5.71. The van der Waals surface area contributed by atoms with Crippen LogP contribution in [0.25, 0.3) is 0 Å². The Hall–Kier alpha value is -1.03. The summed E-state index contributed by atoms with van der Waals surface area (Å²) in [5.74, 6) is 0.405. The highest BCUT2D eigenvalue weighted by atomic mass is 35.5. The van der Waals surface area contributed by atoms with Gasteiger partial charge in [-0.15, -0.1) is 0 Å². The molecule has 0 heterocycles. The second kappa shape index (κ2) is 6.17. The predicted molar refractivity (Wildman–Crippen MR) is 72.0 cm³/mol. The van der Waals surface area contributed by atoms with E-state index in [1.807, 2.05) is 0 Å². The van der Waals surface area contributed by atoms with Crippen LogP contribution in [0.5, 0.6) is 0 Å². The van der Waals surface area contributed by atoms with E-state index in [1.54, 1.807) is 0 Å². The summed E-state index contributed by atoms with van der Waals surface area (Å²) in [4.78, 5) is 12.0. The molecule has 110 valence electrons. The van der Waals surface area contributed by atoms with Crippen molar-refractivity contribution in [2.75, 3.05) is 0 Å². The molecular formula is C15H16ClF3O. The summed E-state index contributed by atoms with van der Waals surface area (Å²) in [5.41, 5.74) is -0.632. The normalized spacial score (nSPS) is 16.6. The number of hydrogen-bond acceptors (Lipinski definition) is 1. The molecule has 5 heteroatoms. The Labute approximate surface area is 121 Å². The first kappa shape index (κ1) is 15.4. The molecular weight excluding hydrogens is 289 g/mol. The lowest BCUT2D eigenvalue weighted by molar-refractivity contribution is -0.137. The van der Waals surface area contributed by atoms with Gasteiger partial charge >= 0.3 is 6.18 Å². The Morgan fingerprint density at radius 1 is 1.25 bits per heavy atom. The highest BCUT2D eigenvalue weighted by molar-refractivity contribution is 6.34. The maximum atomic E-state index is 12.5. The van der Waals surface area contributed by atoms with Crippen molar-refractivity contribution >= 4 is 17.4 Å². The first-order valence-corrected chi connectivity index (χ1v) is 7.15. The molecule has 1 fully saturated rings. The quantitative estimate of drug-likeness (QED) is 0.670. The Morgan fingerprint density at radius 2 is 1.90 bits per heavy atom. The van der Waals surface area contributed by atoms with E-state index in [2.05, 4.69) is 0 Å². The van der Waals surface area contributed by atoms with E-state index in [0.29, 0.717) is 12.3 Å². The summed E-state index contributed by atoms with van der Waals surface area (Å²) in [7, 11) is 0. The minimum atomic E-state index is -4.44. The molecule has 0 radical (unpaired) electrons. The van der Waals surface area contributed by atoms with Crippen LogP contribution in [0.1, 0.15) is 54.4 Å². The zero-order valence-corrected chi connectivity index (χ0v) is 11.7. The summed E-state index contributed by atoms with van der Waals surface area (Å²) in [6.45, 7) is 0. The zero-order valence-electron chi connectivity index (χ0n) is 11.0. The Morgan fingerprint density at radius 3 is 2.45 bits per heavy atom. The average Bonchev–Trinajstić information content (AvgIpc) is 2.87. The lowest BCUT2D eigenvalue weighted by Gasteiger charge is -2.11. The van der Waals surface area contributed by atoms with E-state index in [4.69, 9.17) is 11.6 Å². The van der Waals surface area contributed by atoms with Gasteiger partial charge in [-0.25, -0.2) is 0 Å². The van der Waals surface area contributed by atoms with Crippen LogP contribution in [-0.4, -0.2) is 5.78 Å². The molecule has 0 atom stereocenters. The van der Waals surface area contributed by atoms with Crippen molar-refractivity contribution in [2.24, 2.45) is 5.92 Å². The number of hydrogen-bond donors (Lipinski definition) is 0. The summed E-state index contributed by atoms with van der Waals surface area (Å²) in [5, 5.41) is -0.115. The first-order chi connectivity index (χ1) is 9.38. The zero-order chi connectivity index (χ0) is 14.8. The first-order valence-electron chi connectivity index (χ1n) is 6.78. The van der Waals surface area contributed by atoms with Crippen molar-refractivity contribution in [3.8, 4) is 0 Å². The lowest BCUT2D eigenvalue weighted by atomic mass is 9.97. The van der Waals surface area contributed by atoms with Gasteiger partial charge in [0, 0.05) is 12.0 Å². The number of alkyl halides is 3. The number of carbonyl (C=O) groups excluding carboxylic acids is 1. The minimum Gasteiger partial charge on any atom is -0.294 e. The number of Topliss-reactive ketones (excluding diaryl/α,β-unsaturated/α-hetero) is 1. The molecule has 0 amide bonds. The molecule has 0 bridgehead atoms.